The van der Waals surface area contributed by atoms with Crippen molar-refractivity contribution in [2.75, 3.05) is 19.6 Å². The molecule has 0 spiro atoms. The van der Waals surface area contributed by atoms with E-state index in [1.54, 1.807) is 0 Å². The van der Waals surface area contributed by atoms with Crippen molar-refractivity contribution in [3.63, 3.8) is 0 Å². The number of hydrogen-bond donors (Lipinski definition) is 2. The summed E-state index contributed by atoms with van der Waals surface area (Å²) >= 11 is 0. The number of hydrogen-bond acceptors (Lipinski definition) is 6. The van der Waals surface area contributed by atoms with E-state index in [1.165, 1.54) is 0 Å². The number of benzene rings is 3. The Labute approximate surface area is 267 Å². The van der Waals surface area contributed by atoms with Gasteiger partial charge < -0.3 is 25.0 Å². The Bertz CT molecular complexity index is 1310. The lowest BCUT2D eigenvalue weighted by Crippen LogP contribution is -2.47. The molecule has 1 saturated heterocycles. The maximum Gasteiger partial charge on any atom is 0.407 e. The van der Waals surface area contributed by atoms with Crippen LogP contribution < -0.4 is 10.6 Å². The van der Waals surface area contributed by atoms with Crippen LogP contribution in [0.3, 0.4) is 0 Å². The number of alkyl carbamates (subject to hydrolysis) is 1. The zero-order valence-corrected chi connectivity index (χ0v) is 26.7. The quantitative estimate of drug-likeness (QED) is 0.176. The summed E-state index contributed by atoms with van der Waals surface area (Å²) in [5.41, 5.74) is 2.69. The minimum absolute atomic E-state index is 0.0211. The molecule has 0 bridgehead atoms. The Balaban J connectivity index is 1.41. The number of esters is 1. The Morgan fingerprint density at radius 3 is 2.11 bits per heavy atom. The predicted molar refractivity (Wildman–Crippen MR) is 176 cm³/mol. The van der Waals surface area contributed by atoms with Crippen molar-refractivity contribution in [2.45, 2.75) is 83.1 Å². The highest BCUT2D eigenvalue weighted by Gasteiger charge is 2.33. The van der Waals surface area contributed by atoms with Crippen LogP contribution in [0.15, 0.2) is 91.0 Å². The molecule has 4 rings (SSSR count). The topological polar surface area (TPSA) is 97.0 Å². The van der Waals surface area contributed by atoms with Crippen LogP contribution in [0.5, 0.6) is 0 Å². The summed E-state index contributed by atoms with van der Waals surface area (Å²) in [6.45, 7) is 7.32. The highest BCUT2D eigenvalue weighted by Crippen LogP contribution is 2.27. The van der Waals surface area contributed by atoms with Crippen molar-refractivity contribution in [3.05, 3.63) is 108 Å². The van der Waals surface area contributed by atoms with E-state index in [0.29, 0.717) is 38.9 Å². The fourth-order valence-corrected chi connectivity index (χ4v) is 5.65. The van der Waals surface area contributed by atoms with Gasteiger partial charge in [0.1, 0.15) is 12.2 Å². The lowest BCUT2D eigenvalue weighted by Gasteiger charge is -2.29. The third-order valence-electron chi connectivity index (χ3n) is 7.87. The smallest absolute Gasteiger partial charge is 0.407 e. The Kier molecular flexibility index (Phi) is 12.6. The zero-order chi connectivity index (χ0) is 32.1. The van der Waals surface area contributed by atoms with E-state index in [0.717, 1.165) is 23.1 Å². The third-order valence-corrected chi connectivity index (χ3v) is 7.87. The van der Waals surface area contributed by atoms with Crippen molar-refractivity contribution >= 4 is 18.0 Å². The van der Waals surface area contributed by atoms with Gasteiger partial charge in [0, 0.05) is 38.0 Å². The first-order valence-electron chi connectivity index (χ1n) is 16.0. The van der Waals surface area contributed by atoms with E-state index in [4.69, 9.17) is 9.47 Å². The number of carbonyl (C=O) groups is 3. The van der Waals surface area contributed by atoms with Crippen molar-refractivity contribution in [1.29, 1.82) is 0 Å². The molecule has 1 aliphatic heterocycles. The standard InChI is InChI=1S/C37H47N3O5/c1-37(2,3)45-34(41)22-21-31-23-25-40(26-32(29-16-9-5-10-17-29)30-18-11-6-12-19-30)35(42)33(39-31)20-13-24-38-36(43)44-27-28-14-7-4-8-15-28/h4-12,14-19,31-33,39H,13,20-27H2,1-3H3,(H,38,43)/t31-,33+/m0/s1. The van der Waals surface area contributed by atoms with Crippen LogP contribution in [0.4, 0.5) is 4.79 Å². The highest BCUT2D eigenvalue weighted by atomic mass is 16.6. The molecule has 2 N–H and O–H groups in total. The summed E-state index contributed by atoms with van der Waals surface area (Å²) in [4.78, 5) is 40.8. The molecule has 0 aliphatic carbocycles. The van der Waals surface area contributed by atoms with Crippen LogP contribution in [0.1, 0.15) is 75.5 Å². The summed E-state index contributed by atoms with van der Waals surface area (Å²) in [5, 5.41) is 6.37. The molecule has 8 heteroatoms. The van der Waals surface area contributed by atoms with Gasteiger partial charge >= 0.3 is 12.1 Å². The summed E-state index contributed by atoms with van der Waals surface area (Å²) in [6.07, 6.45) is 2.24. The zero-order valence-electron chi connectivity index (χ0n) is 26.7. The monoisotopic (exact) mass is 613 g/mol. The van der Waals surface area contributed by atoms with Gasteiger partial charge in [-0.05, 0) is 63.1 Å². The summed E-state index contributed by atoms with van der Waals surface area (Å²) < 4.78 is 10.9. The summed E-state index contributed by atoms with van der Waals surface area (Å²) in [6, 6.07) is 29.7. The lowest BCUT2D eigenvalue weighted by atomic mass is 9.90. The molecule has 3 aromatic rings. The van der Waals surface area contributed by atoms with Crippen LogP contribution >= 0.6 is 0 Å². The maximum atomic E-state index is 14.1. The second kappa shape index (κ2) is 16.8. The molecule has 45 heavy (non-hydrogen) atoms. The molecule has 0 unspecified atom stereocenters. The van der Waals surface area contributed by atoms with E-state index < -0.39 is 17.7 Å². The highest BCUT2D eigenvalue weighted by molar-refractivity contribution is 5.82. The van der Waals surface area contributed by atoms with Crippen LogP contribution in [0.2, 0.25) is 0 Å². The average Bonchev–Trinajstić information content (AvgIpc) is 3.18. The Morgan fingerprint density at radius 1 is 0.911 bits per heavy atom. The number of carbonyl (C=O) groups excluding carboxylic acids is 3. The molecule has 3 aromatic carbocycles. The first-order chi connectivity index (χ1) is 21.7. The molecule has 0 aromatic heterocycles. The van der Waals surface area contributed by atoms with Gasteiger partial charge in [-0.2, -0.15) is 0 Å². The van der Waals surface area contributed by atoms with E-state index in [9.17, 15) is 14.4 Å². The summed E-state index contributed by atoms with van der Waals surface area (Å²) in [5.74, 6) is -0.172. The summed E-state index contributed by atoms with van der Waals surface area (Å²) in [7, 11) is 0. The number of amides is 2. The molecule has 1 fully saturated rings. The number of ether oxygens (including phenoxy) is 2. The lowest BCUT2D eigenvalue weighted by molar-refractivity contribution is -0.155. The van der Waals surface area contributed by atoms with Crippen LogP contribution in [0.25, 0.3) is 0 Å². The maximum absolute atomic E-state index is 14.1. The average molecular weight is 614 g/mol. The van der Waals surface area contributed by atoms with Gasteiger partial charge in [0.15, 0.2) is 0 Å². The number of rotatable bonds is 13. The van der Waals surface area contributed by atoms with Crippen molar-refractivity contribution in [3.8, 4) is 0 Å². The predicted octanol–water partition coefficient (Wildman–Crippen LogP) is 6.21. The van der Waals surface area contributed by atoms with Gasteiger partial charge in [-0.15, -0.1) is 0 Å². The van der Waals surface area contributed by atoms with Crippen molar-refractivity contribution in [1.82, 2.24) is 15.5 Å². The largest absolute Gasteiger partial charge is 0.460 e. The first-order valence-corrected chi connectivity index (χ1v) is 16.0. The Hall–Kier alpha value is -4.17. The minimum atomic E-state index is -0.539. The van der Waals surface area contributed by atoms with Gasteiger partial charge in [0.2, 0.25) is 5.91 Å². The van der Waals surface area contributed by atoms with Crippen LogP contribution in [-0.4, -0.2) is 60.2 Å². The minimum Gasteiger partial charge on any atom is -0.460 e. The Morgan fingerprint density at radius 2 is 1.51 bits per heavy atom. The van der Waals surface area contributed by atoms with Crippen LogP contribution in [-0.2, 0) is 25.7 Å². The normalized spacial score (nSPS) is 17.1. The molecule has 1 heterocycles. The second-order valence-electron chi connectivity index (χ2n) is 12.6. The second-order valence-corrected chi connectivity index (χ2v) is 12.6. The molecule has 8 nitrogen and oxygen atoms in total. The molecule has 2 amide bonds. The molecule has 0 saturated carbocycles. The fraction of sp³-hybridized carbons (Fsp3) is 0.432. The molecule has 0 radical (unpaired) electrons. The number of nitrogens with one attached hydrogen (secondary N) is 2. The van der Waals surface area contributed by atoms with Gasteiger partial charge in [0.25, 0.3) is 0 Å². The van der Waals surface area contributed by atoms with E-state index in [-0.39, 0.29) is 36.9 Å². The van der Waals surface area contributed by atoms with Gasteiger partial charge in [-0.1, -0.05) is 91.0 Å². The van der Waals surface area contributed by atoms with Gasteiger partial charge in [-0.25, -0.2) is 4.79 Å². The SMILES string of the molecule is CC(C)(C)OC(=O)CC[C@H]1CCN(CC(c2ccccc2)c2ccccc2)C(=O)[C@@H](CCCNC(=O)OCc2ccccc2)N1. The van der Waals surface area contributed by atoms with E-state index in [1.807, 2.05) is 92.4 Å². The molecule has 240 valence electrons. The molecule has 1 aliphatic rings. The van der Waals surface area contributed by atoms with E-state index in [2.05, 4.69) is 34.9 Å². The van der Waals surface area contributed by atoms with E-state index >= 15 is 0 Å². The molecule has 2 atom stereocenters. The van der Waals surface area contributed by atoms with Gasteiger partial charge in [0.05, 0.1) is 6.04 Å². The van der Waals surface area contributed by atoms with Gasteiger partial charge in [-0.3, -0.25) is 9.59 Å². The number of nitrogens with zero attached hydrogens (tertiary/aromatic N) is 1. The van der Waals surface area contributed by atoms with Crippen molar-refractivity contribution < 1.29 is 23.9 Å². The molecular formula is C37H47N3O5. The van der Waals surface area contributed by atoms with Crippen molar-refractivity contribution in [2.24, 2.45) is 0 Å². The van der Waals surface area contributed by atoms with Crippen LogP contribution in [0, 0.1) is 0 Å². The fourth-order valence-electron chi connectivity index (χ4n) is 5.65. The third kappa shape index (κ3) is 11.4. The first kappa shape index (κ1) is 33.7. The molecular weight excluding hydrogens is 566 g/mol.